The van der Waals surface area contributed by atoms with Gasteiger partial charge in [-0.3, -0.25) is 0 Å². The minimum atomic E-state index is -4.30. The minimum Gasteiger partial charge on any atom is -0.396 e. The largest absolute Gasteiger partial charge is 0.396 e. The Morgan fingerprint density at radius 3 is 2.20 bits per heavy atom. The van der Waals surface area contributed by atoms with Gasteiger partial charge in [0.2, 0.25) is 0 Å². The topological polar surface area (TPSA) is 20.2 Å². The van der Waals surface area contributed by atoms with Crippen molar-refractivity contribution in [1.82, 2.24) is 0 Å². The molecule has 0 aliphatic carbocycles. The van der Waals surface area contributed by atoms with Gasteiger partial charge in [0.1, 0.15) is 0 Å². The highest BCUT2D eigenvalue weighted by atomic mass is 19.4. The normalized spacial score (nSPS) is 13.9. The van der Waals surface area contributed by atoms with Crippen molar-refractivity contribution in [2.75, 3.05) is 6.61 Å². The van der Waals surface area contributed by atoms with Gasteiger partial charge in [0.05, 0.1) is 12.5 Å². The van der Waals surface area contributed by atoms with Crippen LogP contribution in [0.25, 0.3) is 0 Å². The van der Waals surface area contributed by atoms with Crippen LogP contribution in [0.3, 0.4) is 0 Å². The first-order valence-corrected chi connectivity index (χ1v) is 4.75. The highest BCUT2D eigenvalue weighted by molar-refractivity contribution is 5.14. The first-order valence-electron chi connectivity index (χ1n) is 4.75. The van der Waals surface area contributed by atoms with Crippen molar-refractivity contribution >= 4 is 0 Å². The van der Waals surface area contributed by atoms with Crippen LogP contribution in [-0.4, -0.2) is 17.9 Å². The van der Waals surface area contributed by atoms with Gasteiger partial charge in [-0.1, -0.05) is 30.3 Å². The van der Waals surface area contributed by atoms with Gasteiger partial charge in [0, 0.05) is 0 Å². The lowest BCUT2D eigenvalue weighted by molar-refractivity contribution is -0.185. The number of hydrogen-bond donors (Lipinski definition) is 1. The lowest BCUT2D eigenvalue weighted by atomic mass is 10.00. The van der Waals surface area contributed by atoms with E-state index in [2.05, 4.69) is 0 Å². The Labute approximate surface area is 86.5 Å². The van der Waals surface area contributed by atoms with Gasteiger partial charge < -0.3 is 5.11 Å². The van der Waals surface area contributed by atoms with Crippen LogP contribution < -0.4 is 0 Å². The van der Waals surface area contributed by atoms with Gasteiger partial charge in [0.25, 0.3) is 0 Å². The fourth-order valence-electron chi connectivity index (χ4n) is 1.34. The Morgan fingerprint density at radius 2 is 1.73 bits per heavy atom. The summed E-state index contributed by atoms with van der Waals surface area (Å²) in [5.74, 6) is -1.61. The van der Waals surface area contributed by atoms with E-state index in [1.807, 2.05) is 6.07 Å². The standard InChI is InChI=1S/C11H13F3O/c12-11(13,14)10(8-15)7-6-9-4-2-1-3-5-9/h1-5,10,15H,6-8H2. The van der Waals surface area contributed by atoms with E-state index in [4.69, 9.17) is 5.11 Å². The summed E-state index contributed by atoms with van der Waals surface area (Å²) >= 11 is 0. The van der Waals surface area contributed by atoms with Gasteiger partial charge in [-0.15, -0.1) is 0 Å². The molecule has 84 valence electrons. The molecule has 0 aliphatic rings. The molecule has 1 atom stereocenters. The molecular weight excluding hydrogens is 205 g/mol. The molecule has 1 unspecified atom stereocenters. The third-order valence-electron chi connectivity index (χ3n) is 2.31. The summed E-state index contributed by atoms with van der Waals surface area (Å²) in [6.07, 6.45) is -4.03. The van der Waals surface area contributed by atoms with E-state index in [0.717, 1.165) is 5.56 Å². The predicted octanol–water partition coefficient (Wildman–Crippen LogP) is 2.79. The summed E-state index contributed by atoms with van der Waals surface area (Å²) in [6, 6.07) is 8.96. The third-order valence-corrected chi connectivity index (χ3v) is 2.31. The molecule has 0 heterocycles. The van der Waals surface area contributed by atoms with Crippen molar-refractivity contribution in [1.29, 1.82) is 0 Å². The monoisotopic (exact) mass is 218 g/mol. The Kier molecular flexibility index (Phi) is 4.15. The van der Waals surface area contributed by atoms with Crippen molar-refractivity contribution in [3.8, 4) is 0 Å². The molecule has 0 radical (unpaired) electrons. The zero-order valence-electron chi connectivity index (χ0n) is 8.17. The van der Waals surface area contributed by atoms with Crippen LogP contribution in [0.4, 0.5) is 13.2 Å². The van der Waals surface area contributed by atoms with Gasteiger partial charge in [-0.2, -0.15) is 13.2 Å². The Hall–Kier alpha value is -1.03. The van der Waals surface area contributed by atoms with Crippen molar-refractivity contribution in [3.05, 3.63) is 35.9 Å². The number of halogens is 3. The maximum atomic E-state index is 12.3. The van der Waals surface area contributed by atoms with E-state index in [-0.39, 0.29) is 6.42 Å². The van der Waals surface area contributed by atoms with Gasteiger partial charge >= 0.3 is 6.18 Å². The molecule has 4 heteroatoms. The van der Waals surface area contributed by atoms with Gasteiger partial charge in [-0.05, 0) is 18.4 Å². The average molecular weight is 218 g/mol. The maximum absolute atomic E-state index is 12.3. The van der Waals surface area contributed by atoms with Crippen LogP contribution in [-0.2, 0) is 6.42 Å². The molecule has 0 amide bonds. The summed E-state index contributed by atoms with van der Waals surface area (Å²) in [5.41, 5.74) is 0.861. The number of aliphatic hydroxyl groups excluding tert-OH is 1. The van der Waals surface area contributed by atoms with E-state index < -0.39 is 18.7 Å². The summed E-state index contributed by atoms with van der Waals surface area (Å²) in [4.78, 5) is 0. The highest BCUT2D eigenvalue weighted by Gasteiger charge is 2.38. The predicted molar refractivity (Wildman–Crippen MR) is 51.4 cm³/mol. The number of aliphatic hydroxyl groups is 1. The lowest BCUT2D eigenvalue weighted by Crippen LogP contribution is -2.26. The molecule has 0 fully saturated rings. The SMILES string of the molecule is OCC(CCc1ccccc1)C(F)(F)F. The molecule has 0 aromatic heterocycles. The van der Waals surface area contributed by atoms with Crippen LogP contribution in [0.5, 0.6) is 0 Å². The molecule has 0 spiro atoms. The maximum Gasteiger partial charge on any atom is 0.394 e. The summed E-state index contributed by atoms with van der Waals surface area (Å²) < 4.78 is 36.8. The Balaban J connectivity index is 2.49. The molecular formula is C11H13F3O. The van der Waals surface area contributed by atoms with Gasteiger partial charge in [0.15, 0.2) is 0 Å². The summed E-state index contributed by atoms with van der Waals surface area (Å²) in [7, 11) is 0. The molecule has 0 saturated carbocycles. The van der Waals surface area contributed by atoms with Gasteiger partial charge in [-0.25, -0.2) is 0 Å². The second-order valence-corrected chi connectivity index (χ2v) is 3.45. The van der Waals surface area contributed by atoms with Crippen LogP contribution >= 0.6 is 0 Å². The van der Waals surface area contributed by atoms with Crippen LogP contribution in [0.2, 0.25) is 0 Å². The molecule has 1 aromatic carbocycles. The minimum absolute atomic E-state index is 0.0655. The quantitative estimate of drug-likeness (QED) is 0.823. The van der Waals surface area contributed by atoms with E-state index >= 15 is 0 Å². The molecule has 0 saturated heterocycles. The summed E-state index contributed by atoms with van der Waals surface area (Å²) in [5, 5.41) is 8.62. The molecule has 1 aromatic rings. The van der Waals surface area contributed by atoms with Crippen LogP contribution in [0.15, 0.2) is 30.3 Å². The Morgan fingerprint density at radius 1 is 1.13 bits per heavy atom. The molecule has 15 heavy (non-hydrogen) atoms. The number of hydrogen-bond acceptors (Lipinski definition) is 1. The van der Waals surface area contributed by atoms with E-state index in [9.17, 15) is 13.2 Å². The van der Waals surface area contributed by atoms with E-state index in [1.54, 1.807) is 24.3 Å². The molecule has 0 bridgehead atoms. The first kappa shape index (κ1) is 12.0. The van der Waals surface area contributed by atoms with Crippen molar-refractivity contribution in [2.24, 2.45) is 5.92 Å². The van der Waals surface area contributed by atoms with Crippen molar-refractivity contribution in [3.63, 3.8) is 0 Å². The second-order valence-electron chi connectivity index (χ2n) is 3.45. The van der Waals surface area contributed by atoms with E-state index in [1.165, 1.54) is 0 Å². The van der Waals surface area contributed by atoms with Crippen LogP contribution in [0.1, 0.15) is 12.0 Å². The molecule has 1 rings (SSSR count). The van der Waals surface area contributed by atoms with Crippen molar-refractivity contribution in [2.45, 2.75) is 19.0 Å². The number of rotatable bonds is 4. The number of aryl methyl sites for hydroxylation is 1. The zero-order valence-corrected chi connectivity index (χ0v) is 8.17. The van der Waals surface area contributed by atoms with E-state index in [0.29, 0.717) is 6.42 Å². The zero-order chi connectivity index (χ0) is 11.3. The fourth-order valence-corrected chi connectivity index (χ4v) is 1.34. The second kappa shape index (κ2) is 5.16. The number of alkyl halides is 3. The van der Waals surface area contributed by atoms with Crippen LogP contribution in [0, 0.1) is 5.92 Å². The third kappa shape index (κ3) is 3.91. The molecule has 1 N–H and O–H groups in total. The van der Waals surface area contributed by atoms with Crippen molar-refractivity contribution < 1.29 is 18.3 Å². The number of benzene rings is 1. The average Bonchev–Trinajstić information content (AvgIpc) is 2.18. The molecule has 1 nitrogen and oxygen atoms in total. The fraction of sp³-hybridized carbons (Fsp3) is 0.455. The summed E-state index contributed by atoms with van der Waals surface area (Å²) in [6.45, 7) is -0.837. The lowest BCUT2D eigenvalue weighted by Gasteiger charge is -2.17. The molecule has 0 aliphatic heterocycles. The highest BCUT2D eigenvalue weighted by Crippen LogP contribution is 2.29. The first-order chi connectivity index (χ1) is 7.04. The smallest absolute Gasteiger partial charge is 0.394 e. The Bertz CT molecular complexity index is 282.